The van der Waals surface area contributed by atoms with Gasteiger partial charge in [-0.15, -0.1) is 22.7 Å². The van der Waals surface area contributed by atoms with Crippen molar-refractivity contribution >= 4 is 39.4 Å². The van der Waals surface area contributed by atoms with E-state index in [0.29, 0.717) is 17.2 Å². The van der Waals surface area contributed by atoms with Gasteiger partial charge in [0.15, 0.2) is 0 Å². The summed E-state index contributed by atoms with van der Waals surface area (Å²) in [6.07, 6.45) is 0. The van der Waals surface area contributed by atoms with E-state index in [4.69, 9.17) is 4.74 Å². The first-order valence-corrected chi connectivity index (χ1v) is 10.2. The summed E-state index contributed by atoms with van der Waals surface area (Å²) >= 11 is 3.01. The summed E-state index contributed by atoms with van der Waals surface area (Å²) in [5.41, 5.74) is 1.82. The average molecular weight is 396 g/mol. The molecule has 4 aromatic rings. The highest BCUT2D eigenvalue weighted by atomic mass is 32.1. The number of aromatic hydroxyl groups is 1. The Kier molecular flexibility index (Phi) is 4.68. The zero-order valence-electron chi connectivity index (χ0n) is 14.9. The number of ether oxygens (including phenoxy) is 1. The molecule has 2 aromatic heterocycles. The number of thiazole rings is 1. The van der Waals surface area contributed by atoms with Crippen molar-refractivity contribution in [3.63, 3.8) is 0 Å². The van der Waals surface area contributed by atoms with E-state index in [-0.39, 0.29) is 11.7 Å². The first-order valence-electron chi connectivity index (χ1n) is 8.53. The van der Waals surface area contributed by atoms with E-state index in [1.165, 1.54) is 11.3 Å². The number of benzene rings is 2. The minimum Gasteiger partial charge on any atom is -0.508 e. The summed E-state index contributed by atoms with van der Waals surface area (Å²) in [4.78, 5) is 19.3. The van der Waals surface area contributed by atoms with E-state index in [1.807, 2.05) is 25.1 Å². The molecule has 0 saturated carbocycles. The second-order valence-electron chi connectivity index (χ2n) is 6.06. The lowest BCUT2D eigenvalue weighted by Crippen LogP contribution is -2.03. The van der Waals surface area contributed by atoms with Gasteiger partial charge in [0.05, 0.1) is 17.2 Å². The molecule has 6 heteroatoms. The van der Waals surface area contributed by atoms with Crippen molar-refractivity contribution in [2.45, 2.75) is 13.8 Å². The topological polar surface area (TPSA) is 59.4 Å². The lowest BCUT2D eigenvalue weighted by molar-refractivity contribution is 0.0531. The first kappa shape index (κ1) is 17.7. The summed E-state index contributed by atoms with van der Waals surface area (Å²) in [7, 11) is 0. The molecule has 0 aliphatic heterocycles. The number of aromatic nitrogens is 1. The van der Waals surface area contributed by atoms with Gasteiger partial charge in [-0.1, -0.05) is 18.2 Å². The Morgan fingerprint density at radius 2 is 1.78 bits per heavy atom. The largest absolute Gasteiger partial charge is 0.508 e. The number of nitrogens with zero attached hydrogens (tertiary/aromatic N) is 1. The molecule has 0 bridgehead atoms. The molecule has 0 radical (unpaired) electrons. The molecule has 0 spiro atoms. The van der Waals surface area contributed by atoms with Crippen molar-refractivity contribution in [1.29, 1.82) is 0 Å². The third kappa shape index (κ3) is 3.46. The minimum atomic E-state index is -0.312. The molecule has 0 atom stereocenters. The Labute approximate surface area is 164 Å². The van der Waals surface area contributed by atoms with Gasteiger partial charge in [0.2, 0.25) is 0 Å². The van der Waals surface area contributed by atoms with Crippen molar-refractivity contribution in [3.8, 4) is 26.1 Å². The van der Waals surface area contributed by atoms with E-state index in [2.05, 4.69) is 23.2 Å². The Bertz CT molecular complexity index is 1140. The van der Waals surface area contributed by atoms with Crippen LogP contribution in [0.3, 0.4) is 0 Å². The zero-order chi connectivity index (χ0) is 19.0. The van der Waals surface area contributed by atoms with Crippen LogP contribution in [0.4, 0.5) is 0 Å². The number of carbonyl (C=O) groups is 1. The predicted molar refractivity (Wildman–Crippen MR) is 111 cm³/mol. The van der Waals surface area contributed by atoms with Crippen LogP contribution in [-0.2, 0) is 4.74 Å². The number of hydrogen-bond acceptors (Lipinski definition) is 6. The molecule has 0 amide bonds. The Morgan fingerprint density at radius 3 is 2.59 bits per heavy atom. The minimum absolute atomic E-state index is 0.269. The maximum atomic E-state index is 12.0. The van der Waals surface area contributed by atoms with Gasteiger partial charge >= 0.3 is 5.97 Å². The highest BCUT2D eigenvalue weighted by Crippen LogP contribution is 2.38. The van der Waals surface area contributed by atoms with E-state index in [9.17, 15) is 9.90 Å². The van der Waals surface area contributed by atoms with Gasteiger partial charge in [-0.05, 0) is 60.5 Å². The summed E-state index contributed by atoms with van der Waals surface area (Å²) in [5, 5.41) is 12.5. The third-order valence-corrected chi connectivity index (χ3v) is 6.62. The van der Waals surface area contributed by atoms with Crippen LogP contribution in [0.2, 0.25) is 0 Å². The third-order valence-electron chi connectivity index (χ3n) is 4.18. The van der Waals surface area contributed by atoms with Gasteiger partial charge in [-0.2, -0.15) is 0 Å². The smallest absolute Gasteiger partial charge is 0.350 e. The van der Waals surface area contributed by atoms with E-state index in [1.54, 1.807) is 30.4 Å². The van der Waals surface area contributed by atoms with Gasteiger partial charge in [0.1, 0.15) is 15.6 Å². The quantitative estimate of drug-likeness (QED) is 0.438. The fourth-order valence-electron chi connectivity index (χ4n) is 2.88. The molecule has 4 rings (SSSR count). The van der Waals surface area contributed by atoms with Crippen LogP contribution in [0.1, 0.15) is 22.3 Å². The number of phenolic OH excluding ortho intramolecular Hbond substituents is 1. The normalized spacial score (nSPS) is 11.0. The van der Waals surface area contributed by atoms with Crippen LogP contribution in [0.15, 0.2) is 48.5 Å². The molecule has 1 N–H and O–H groups in total. The molecule has 0 aliphatic carbocycles. The van der Waals surface area contributed by atoms with Gasteiger partial charge < -0.3 is 9.84 Å². The number of phenols is 1. The molecule has 0 aliphatic rings. The molecule has 0 unspecified atom stereocenters. The molecule has 0 fully saturated rings. The van der Waals surface area contributed by atoms with Crippen LogP contribution in [0.5, 0.6) is 5.75 Å². The molecular weight excluding hydrogens is 378 g/mol. The molecular formula is C21H17NO3S2. The molecule has 0 saturated heterocycles. The van der Waals surface area contributed by atoms with Crippen molar-refractivity contribution in [3.05, 3.63) is 59.1 Å². The number of hydrogen-bond donors (Lipinski definition) is 1. The molecule has 136 valence electrons. The Hall–Kier alpha value is -2.70. The standard InChI is InChI=1S/C21H17NO3S2/c1-3-25-21(24)19-12(2)22-20(27-19)18-9-8-17(26-18)15-5-4-14-11-16(23)7-6-13(14)10-15/h4-11,23H,3H2,1-2H3. The van der Waals surface area contributed by atoms with Crippen LogP contribution < -0.4 is 0 Å². The van der Waals surface area contributed by atoms with Gasteiger partial charge in [-0.3, -0.25) is 0 Å². The highest BCUT2D eigenvalue weighted by molar-refractivity contribution is 7.24. The molecule has 4 nitrogen and oxygen atoms in total. The van der Waals surface area contributed by atoms with Crippen molar-refractivity contribution in [2.75, 3.05) is 6.61 Å². The van der Waals surface area contributed by atoms with Gasteiger partial charge in [0, 0.05) is 4.88 Å². The monoisotopic (exact) mass is 395 g/mol. The van der Waals surface area contributed by atoms with Crippen molar-refractivity contribution in [1.82, 2.24) is 4.98 Å². The number of aryl methyl sites for hydroxylation is 1. The average Bonchev–Trinajstić information content (AvgIpc) is 3.28. The summed E-state index contributed by atoms with van der Waals surface area (Å²) in [5.74, 6) is -0.0430. The Morgan fingerprint density at radius 1 is 1.04 bits per heavy atom. The fraction of sp³-hybridized carbons (Fsp3) is 0.143. The predicted octanol–water partition coefficient (Wildman–Crippen LogP) is 5.88. The lowest BCUT2D eigenvalue weighted by Gasteiger charge is -2.02. The second kappa shape index (κ2) is 7.13. The van der Waals surface area contributed by atoms with Gasteiger partial charge in [0.25, 0.3) is 0 Å². The maximum Gasteiger partial charge on any atom is 0.350 e. The summed E-state index contributed by atoms with van der Waals surface area (Å²) in [6.45, 7) is 3.99. The molecule has 2 aromatic carbocycles. The first-order chi connectivity index (χ1) is 13.0. The number of carbonyl (C=O) groups excluding carboxylic acids is 1. The summed E-state index contributed by atoms with van der Waals surface area (Å²) in [6, 6.07) is 15.6. The van der Waals surface area contributed by atoms with E-state index >= 15 is 0 Å². The van der Waals surface area contributed by atoms with Gasteiger partial charge in [-0.25, -0.2) is 9.78 Å². The maximum absolute atomic E-state index is 12.0. The van der Waals surface area contributed by atoms with Crippen molar-refractivity contribution in [2.24, 2.45) is 0 Å². The van der Waals surface area contributed by atoms with E-state index < -0.39 is 0 Å². The van der Waals surface area contributed by atoms with Crippen molar-refractivity contribution < 1.29 is 14.6 Å². The van der Waals surface area contributed by atoms with E-state index in [0.717, 1.165) is 31.1 Å². The molecule has 27 heavy (non-hydrogen) atoms. The number of rotatable bonds is 4. The van der Waals surface area contributed by atoms with Crippen LogP contribution >= 0.6 is 22.7 Å². The van der Waals surface area contributed by atoms with Crippen LogP contribution in [-0.4, -0.2) is 22.7 Å². The SMILES string of the molecule is CCOC(=O)c1sc(-c2ccc(-c3ccc4cc(O)ccc4c3)s2)nc1C. The summed E-state index contributed by atoms with van der Waals surface area (Å²) < 4.78 is 5.10. The fourth-order valence-corrected chi connectivity index (χ4v) is 4.90. The second-order valence-corrected chi connectivity index (χ2v) is 8.15. The lowest BCUT2D eigenvalue weighted by atomic mass is 10.1. The number of esters is 1. The van der Waals surface area contributed by atoms with Crippen LogP contribution in [0.25, 0.3) is 31.1 Å². The number of fused-ring (bicyclic) bond motifs is 1. The molecule has 2 heterocycles. The Balaban J connectivity index is 1.67. The number of thiophene rings is 1. The zero-order valence-corrected chi connectivity index (χ0v) is 16.5. The van der Waals surface area contributed by atoms with Crippen LogP contribution in [0, 0.1) is 6.92 Å². The highest BCUT2D eigenvalue weighted by Gasteiger charge is 2.18.